The molecule has 1 atom stereocenters. The Morgan fingerprint density at radius 1 is 1.30 bits per heavy atom. The molecule has 0 aliphatic heterocycles. The summed E-state index contributed by atoms with van der Waals surface area (Å²) in [5.74, 6) is -1.23. The Labute approximate surface area is 136 Å². The van der Waals surface area contributed by atoms with Gasteiger partial charge < -0.3 is 10.5 Å². The number of ether oxygens (including phenoxy) is 1. The first kappa shape index (κ1) is 15.2. The minimum atomic E-state index is -0.959. The van der Waals surface area contributed by atoms with Gasteiger partial charge in [0.1, 0.15) is 9.71 Å². The maximum Gasteiger partial charge on any atom is 0.349 e. The number of nitrogens with two attached hydrogens (primary N) is 1. The molecule has 0 bridgehead atoms. The number of hydrogen-bond acceptors (Lipinski definition) is 5. The molecule has 1 aromatic carbocycles. The molecule has 23 heavy (non-hydrogen) atoms. The van der Waals surface area contributed by atoms with Gasteiger partial charge in [-0.25, -0.2) is 9.48 Å². The number of thiophene rings is 1. The Morgan fingerprint density at radius 3 is 2.65 bits per heavy atom. The van der Waals surface area contributed by atoms with Crippen molar-refractivity contribution in [2.24, 2.45) is 5.73 Å². The van der Waals surface area contributed by atoms with Crippen LogP contribution in [0.4, 0.5) is 0 Å². The van der Waals surface area contributed by atoms with Crippen molar-refractivity contribution in [1.29, 1.82) is 0 Å². The normalized spacial score (nSPS) is 12.3. The van der Waals surface area contributed by atoms with Gasteiger partial charge in [-0.15, -0.1) is 11.3 Å². The lowest BCUT2D eigenvalue weighted by molar-refractivity contribution is -0.125. The minimum Gasteiger partial charge on any atom is -0.448 e. The molecule has 0 aliphatic carbocycles. The van der Waals surface area contributed by atoms with E-state index in [1.54, 1.807) is 10.7 Å². The fraction of sp³-hybridized carbons (Fsp3) is 0.188. The third-order valence-electron chi connectivity index (χ3n) is 3.43. The second-order valence-corrected chi connectivity index (χ2v) is 6.14. The molecule has 118 valence electrons. The van der Waals surface area contributed by atoms with Gasteiger partial charge in [0.05, 0.1) is 11.4 Å². The van der Waals surface area contributed by atoms with E-state index in [4.69, 9.17) is 10.5 Å². The summed E-state index contributed by atoms with van der Waals surface area (Å²) in [5, 5.41) is 5.40. The van der Waals surface area contributed by atoms with Gasteiger partial charge in [-0.3, -0.25) is 4.79 Å². The number of carbonyl (C=O) groups is 2. The maximum absolute atomic E-state index is 12.1. The number of amides is 1. The molecule has 1 amide bonds. The lowest BCUT2D eigenvalue weighted by atomic mass is 10.3. The second-order valence-electron chi connectivity index (χ2n) is 5.11. The van der Waals surface area contributed by atoms with Crippen LogP contribution in [0.15, 0.2) is 36.4 Å². The van der Waals surface area contributed by atoms with Gasteiger partial charge in [-0.05, 0) is 32.0 Å². The molecule has 0 saturated heterocycles. The number of primary amides is 1. The van der Waals surface area contributed by atoms with Gasteiger partial charge in [0.2, 0.25) is 0 Å². The first-order chi connectivity index (χ1) is 11.0. The number of rotatable bonds is 4. The molecule has 2 heterocycles. The van der Waals surface area contributed by atoms with E-state index in [1.165, 1.54) is 18.3 Å². The van der Waals surface area contributed by atoms with Crippen molar-refractivity contribution in [1.82, 2.24) is 9.78 Å². The van der Waals surface area contributed by atoms with Crippen LogP contribution >= 0.6 is 11.3 Å². The highest BCUT2D eigenvalue weighted by molar-refractivity contribution is 7.20. The van der Waals surface area contributed by atoms with Crippen molar-refractivity contribution in [3.05, 3.63) is 47.0 Å². The first-order valence-electron chi connectivity index (χ1n) is 7.02. The van der Waals surface area contributed by atoms with Crippen molar-refractivity contribution in [2.75, 3.05) is 0 Å². The van der Waals surface area contributed by atoms with Crippen LogP contribution in [0.5, 0.6) is 0 Å². The standard InChI is InChI=1S/C16H15N3O3S/c1-9-12-8-13(16(21)22-10(2)14(17)20)23-15(12)19(18-9)11-6-4-3-5-7-11/h3-8,10H,1-2H3,(H2,17,20)/t10-/m0/s1. The molecule has 0 aliphatic rings. The van der Waals surface area contributed by atoms with Crippen molar-refractivity contribution in [3.8, 4) is 5.69 Å². The average molecular weight is 329 g/mol. The van der Waals surface area contributed by atoms with E-state index in [9.17, 15) is 9.59 Å². The lowest BCUT2D eigenvalue weighted by Crippen LogP contribution is -2.30. The molecule has 7 heteroatoms. The topological polar surface area (TPSA) is 87.2 Å². The molecular formula is C16H15N3O3S. The number of carbonyl (C=O) groups excluding carboxylic acids is 2. The highest BCUT2D eigenvalue weighted by Crippen LogP contribution is 2.30. The molecule has 2 aromatic heterocycles. The summed E-state index contributed by atoms with van der Waals surface area (Å²) in [6, 6.07) is 11.4. The van der Waals surface area contributed by atoms with Gasteiger partial charge in [-0.2, -0.15) is 5.10 Å². The Hall–Kier alpha value is -2.67. The fourth-order valence-electron chi connectivity index (χ4n) is 2.17. The van der Waals surface area contributed by atoms with Crippen LogP contribution in [-0.2, 0) is 9.53 Å². The number of aryl methyl sites for hydroxylation is 1. The first-order valence-corrected chi connectivity index (χ1v) is 7.84. The molecule has 0 fully saturated rings. The van der Waals surface area contributed by atoms with E-state index in [1.807, 2.05) is 37.3 Å². The van der Waals surface area contributed by atoms with Gasteiger partial charge in [0.25, 0.3) is 5.91 Å². The van der Waals surface area contributed by atoms with Crippen LogP contribution in [0.1, 0.15) is 22.3 Å². The van der Waals surface area contributed by atoms with Crippen LogP contribution in [0, 0.1) is 6.92 Å². The van der Waals surface area contributed by atoms with Crippen LogP contribution < -0.4 is 5.73 Å². The van der Waals surface area contributed by atoms with Crippen molar-refractivity contribution < 1.29 is 14.3 Å². The highest BCUT2D eigenvalue weighted by Gasteiger charge is 2.21. The summed E-state index contributed by atoms with van der Waals surface area (Å²) in [5.41, 5.74) is 6.85. The Bertz CT molecular complexity index is 883. The summed E-state index contributed by atoms with van der Waals surface area (Å²) in [6.45, 7) is 3.33. The summed E-state index contributed by atoms with van der Waals surface area (Å²) in [6.07, 6.45) is -0.959. The number of aromatic nitrogens is 2. The molecule has 0 spiro atoms. The summed E-state index contributed by atoms with van der Waals surface area (Å²) >= 11 is 1.28. The SMILES string of the molecule is Cc1nn(-c2ccccc2)c2sc(C(=O)O[C@@H](C)C(N)=O)cc12. The fourth-order valence-corrected chi connectivity index (χ4v) is 3.23. The zero-order chi connectivity index (χ0) is 16.6. The lowest BCUT2D eigenvalue weighted by Gasteiger charge is -2.07. The van der Waals surface area contributed by atoms with Crippen LogP contribution in [0.2, 0.25) is 0 Å². The molecule has 2 N–H and O–H groups in total. The van der Waals surface area contributed by atoms with Crippen LogP contribution in [0.3, 0.4) is 0 Å². The van der Waals surface area contributed by atoms with Crippen LogP contribution in [-0.4, -0.2) is 27.8 Å². The Balaban J connectivity index is 2.00. The number of fused-ring (bicyclic) bond motifs is 1. The zero-order valence-electron chi connectivity index (χ0n) is 12.6. The molecule has 6 nitrogen and oxygen atoms in total. The van der Waals surface area contributed by atoms with Crippen molar-refractivity contribution in [2.45, 2.75) is 20.0 Å². The molecule has 0 saturated carbocycles. The highest BCUT2D eigenvalue weighted by atomic mass is 32.1. The number of esters is 1. The van der Waals surface area contributed by atoms with Gasteiger partial charge in [-0.1, -0.05) is 18.2 Å². The molecule has 3 rings (SSSR count). The zero-order valence-corrected chi connectivity index (χ0v) is 13.5. The second kappa shape index (κ2) is 5.85. The van der Waals surface area contributed by atoms with E-state index in [0.717, 1.165) is 21.6 Å². The van der Waals surface area contributed by atoms with E-state index in [-0.39, 0.29) is 0 Å². The number of nitrogens with zero attached hydrogens (tertiary/aromatic N) is 2. The predicted octanol–water partition coefficient (Wildman–Crippen LogP) is 2.43. The number of hydrogen-bond donors (Lipinski definition) is 1. The van der Waals surface area contributed by atoms with E-state index in [0.29, 0.717) is 4.88 Å². The van der Waals surface area contributed by atoms with E-state index < -0.39 is 18.0 Å². The quantitative estimate of drug-likeness (QED) is 0.745. The van der Waals surface area contributed by atoms with Gasteiger partial charge in [0.15, 0.2) is 6.10 Å². The predicted molar refractivity (Wildman–Crippen MR) is 87.8 cm³/mol. The van der Waals surface area contributed by atoms with Crippen LogP contribution in [0.25, 0.3) is 15.9 Å². The van der Waals surface area contributed by atoms with Crippen molar-refractivity contribution >= 4 is 33.4 Å². The third-order valence-corrected chi connectivity index (χ3v) is 4.52. The van der Waals surface area contributed by atoms with E-state index >= 15 is 0 Å². The molecule has 0 radical (unpaired) electrons. The molecule has 0 unspecified atom stereocenters. The minimum absolute atomic E-state index is 0.415. The maximum atomic E-state index is 12.1. The summed E-state index contributed by atoms with van der Waals surface area (Å²) in [4.78, 5) is 24.4. The Kier molecular flexibility index (Phi) is 3.87. The third kappa shape index (κ3) is 2.83. The van der Waals surface area contributed by atoms with Crippen molar-refractivity contribution in [3.63, 3.8) is 0 Å². The number of para-hydroxylation sites is 1. The molecular weight excluding hydrogens is 314 g/mol. The largest absolute Gasteiger partial charge is 0.448 e. The van der Waals surface area contributed by atoms with E-state index in [2.05, 4.69) is 5.10 Å². The smallest absolute Gasteiger partial charge is 0.349 e. The van der Waals surface area contributed by atoms with Gasteiger partial charge in [0, 0.05) is 5.39 Å². The monoisotopic (exact) mass is 329 g/mol. The van der Waals surface area contributed by atoms with Gasteiger partial charge >= 0.3 is 5.97 Å². The Morgan fingerprint density at radius 2 is 2.00 bits per heavy atom. The number of benzene rings is 1. The average Bonchev–Trinajstić information content (AvgIpc) is 3.09. The molecule has 3 aromatic rings. The summed E-state index contributed by atoms with van der Waals surface area (Å²) < 4.78 is 6.84. The summed E-state index contributed by atoms with van der Waals surface area (Å²) in [7, 11) is 0.